The fourth-order valence-corrected chi connectivity index (χ4v) is 2.56. The van der Waals surface area contributed by atoms with E-state index in [1.165, 1.54) is 13.8 Å². The zero-order valence-corrected chi connectivity index (χ0v) is 17.2. The predicted octanol–water partition coefficient (Wildman–Crippen LogP) is 3.57. The molecule has 3 amide bonds. The normalized spacial score (nSPS) is 10.4. The maximum absolute atomic E-state index is 12.6. The summed E-state index contributed by atoms with van der Waals surface area (Å²) in [5.74, 6) is 0.387. The summed E-state index contributed by atoms with van der Waals surface area (Å²) in [4.78, 5) is 35.3. The van der Waals surface area contributed by atoms with Gasteiger partial charge in [-0.3, -0.25) is 14.4 Å². The van der Waals surface area contributed by atoms with Crippen LogP contribution in [0.15, 0.2) is 42.5 Å². The molecule has 29 heavy (non-hydrogen) atoms. The van der Waals surface area contributed by atoms with Gasteiger partial charge in [0.25, 0.3) is 5.91 Å². The molecule has 0 radical (unpaired) electrons. The molecule has 0 saturated heterocycles. The molecule has 3 N–H and O–H groups in total. The highest BCUT2D eigenvalue weighted by atomic mass is 16.5. The van der Waals surface area contributed by atoms with E-state index in [0.717, 1.165) is 11.3 Å². The molecule has 0 spiro atoms. The second-order valence-corrected chi connectivity index (χ2v) is 7.19. The van der Waals surface area contributed by atoms with Crippen LogP contribution in [-0.4, -0.2) is 24.3 Å². The number of ether oxygens (including phenoxy) is 1. The number of benzene rings is 2. The Bertz CT molecular complexity index is 842. The molecule has 0 aliphatic rings. The number of nitrogens with one attached hydrogen (secondary N) is 3. The Labute approximate surface area is 170 Å². The third kappa shape index (κ3) is 7.65. The first-order valence-corrected chi connectivity index (χ1v) is 9.43. The standard InChI is InChI=1S/C22H27N3O4/c1-14(2)13-29-21-7-5-17(6-8-21)12-23-22(28)18-9-19(24-15(3)26)11-20(10-18)25-16(4)27/h5-11,14H,12-13H2,1-4H3,(H,23,28)(H,24,26)(H,25,27). The van der Waals surface area contributed by atoms with Gasteiger partial charge in [0.1, 0.15) is 5.75 Å². The van der Waals surface area contributed by atoms with Crippen molar-refractivity contribution in [2.75, 3.05) is 17.2 Å². The SMILES string of the molecule is CC(=O)Nc1cc(NC(C)=O)cc(C(=O)NCc2ccc(OCC(C)C)cc2)c1. The highest BCUT2D eigenvalue weighted by Crippen LogP contribution is 2.20. The van der Waals surface area contributed by atoms with Crippen LogP contribution >= 0.6 is 0 Å². The zero-order chi connectivity index (χ0) is 21.4. The lowest BCUT2D eigenvalue weighted by atomic mass is 10.1. The van der Waals surface area contributed by atoms with Crippen LogP contribution in [0.3, 0.4) is 0 Å². The lowest BCUT2D eigenvalue weighted by Crippen LogP contribution is -2.23. The van der Waals surface area contributed by atoms with Crippen molar-refractivity contribution in [3.63, 3.8) is 0 Å². The first kappa shape index (κ1) is 21.9. The van der Waals surface area contributed by atoms with Crippen LogP contribution in [0.25, 0.3) is 0 Å². The van der Waals surface area contributed by atoms with Gasteiger partial charge in [-0.1, -0.05) is 26.0 Å². The van der Waals surface area contributed by atoms with E-state index < -0.39 is 0 Å². The summed E-state index contributed by atoms with van der Waals surface area (Å²) in [6.07, 6.45) is 0. The van der Waals surface area contributed by atoms with E-state index in [4.69, 9.17) is 4.74 Å². The van der Waals surface area contributed by atoms with Gasteiger partial charge in [0.05, 0.1) is 6.61 Å². The summed E-state index contributed by atoms with van der Waals surface area (Å²) in [5, 5.41) is 8.10. The number of carbonyl (C=O) groups is 3. The van der Waals surface area contributed by atoms with Crippen LogP contribution in [0.4, 0.5) is 11.4 Å². The van der Waals surface area contributed by atoms with Crippen LogP contribution in [0, 0.1) is 5.92 Å². The van der Waals surface area contributed by atoms with E-state index in [-0.39, 0.29) is 17.7 Å². The van der Waals surface area contributed by atoms with Gasteiger partial charge < -0.3 is 20.7 Å². The fraction of sp³-hybridized carbons (Fsp3) is 0.318. The topological polar surface area (TPSA) is 96.5 Å². The molecular formula is C22H27N3O4. The first-order valence-electron chi connectivity index (χ1n) is 9.43. The Kier molecular flexibility index (Phi) is 7.77. The van der Waals surface area contributed by atoms with Crippen LogP contribution in [-0.2, 0) is 16.1 Å². The Morgan fingerprint density at radius 1 is 0.897 bits per heavy atom. The average molecular weight is 397 g/mol. The molecule has 0 bridgehead atoms. The van der Waals surface area contributed by atoms with E-state index in [1.54, 1.807) is 18.2 Å². The second kappa shape index (κ2) is 10.3. The van der Waals surface area contributed by atoms with E-state index in [2.05, 4.69) is 29.8 Å². The summed E-state index contributed by atoms with van der Waals surface area (Å²) in [6.45, 7) is 7.91. The maximum Gasteiger partial charge on any atom is 0.251 e. The van der Waals surface area contributed by atoms with Gasteiger partial charge in [-0.25, -0.2) is 0 Å². The van der Waals surface area contributed by atoms with Crippen LogP contribution in [0.1, 0.15) is 43.6 Å². The van der Waals surface area contributed by atoms with Crippen LogP contribution in [0.5, 0.6) is 5.75 Å². The molecule has 0 atom stereocenters. The largest absolute Gasteiger partial charge is 0.493 e. The Balaban J connectivity index is 2.05. The minimum Gasteiger partial charge on any atom is -0.493 e. The molecule has 0 heterocycles. The highest BCUT2D eigenvalue weighted by Gasteiger charge is 2.11. The summed E-state index contributed by atoms with van der Waals surface area (Å²) in [6, 6.07) is 12.2. The van der Waals surface area contributed by atoms with Crippen LogP contribution in [0.2, 0.25) is 0 Å². The average Bonchev–Trinajstić information content (AvgIpc) is 2.64. The summed E-state index contributed by atoms with van der Waals surface area (Å²) in [5.41, 5.74) is 2.12. The minimum absolute atomic E-state index is 0.267. The fourth-order valence-electron chi connectivity index (χ4n) is 2.56. The lowest BCUT2D eigenvalue weighted by molar-refractivity contribution is -0.115. The van der Waals surface area contributed by atoms with Gasteiger partial charge >= 0.3 is 0 Å². The summed E-state index contributed by atoms with van der Waals surface area (Å²) >= 11 is 0. The molecule has 7 heteroatoms. The Hall–Kier alpha value is -3.35. The van der Waals surface area contributed by atoms with Crippen molar-refractivity contribution in [3.8, 4) is 5.75 Å². The van der Waals surface area contributed by atoms with E-state index >= 15 is 0 Å². The maximum atomic E-state index is 12.6. The number of hydrogen-bond acceptors (Lipinski definition) is 4. The monoisotopic (exact) mass is 397 g/mol. The smallest absolute Gasteiger partial charge is 0.251 e. The van der Waals surface area contributed by atoms with E-state index in [1.807, 2.05) is 24.3 Å². The number of amides is 3. The van der Waals surface area contributed by atoms with E-state index in [0.29, 0.717) is 36.0 Å². The quantitative estimate of drug-likeness (QED) is 0.634. The summed E-state index contributed by atoms with van der Waals surface area (Å²) < 4.78 is 5.65. The summed E-state index contributed by atoms with van der Waals surface area (Å²) in [7, 11) is 0. The predicted molar refractivity (Wildman–Crippen MR) is 113 cm³/mol. The van der Waals surface area contributed by atoms with Gasteiger partial charge in [0.2, 0.25) is 11.8 Å². The molecule has 0 aliphatic carbocycles. The molecule has 0 saturated carbocycles. The van der Waals surface area contributed by atoms with Crippen LogP contribution < -0.4 is 20.7 Å². The van der Waals surface area contributed by atoms with Crippen molar-refractivity contribution in [2.24, 2.45) is 5.92 Å². The van der Waals surface area contributed by atoms with Crippen molar-refractivity contribution in [1.29, 1.82) is 0 Å². The molecular weight excluding hydrogens is 370 g/mol. The van der Waals surface area contributed by atoms with Crippen molar-refractivity contribution in [3.05, 3.63) is 53.6 Å². The number of anilines is 2. The molecule has 0 aliphatic heterocycles. The molecule has 7 nitrogen and oxygen atoms in total. The molecule has 154 valence electrons. The Morgan fingerprint density at radius 2 is 1.45 bits per heavy atom. The molecule has 2 aromatic carbocycles. The van der Waals surface area contributed by atoms with E-state index in [9.17, 15) is 14.4 Å². The number of carbonyl (C=O) groups excluding carboxylic acids is 3. The van der Waals surface area contributed by atoms with Crippen molar-refractivity contribution in [2.45, 2.75) is 34.2 Å². The first-order chi connectivity index (χ1) is 13.7. The molecule has 0 fully saturated rings. The van der Waals surface area contributed by atoms with Crippen molar-refractivity contribution in [1.82, 2.24) is 5.32 Å². The molecule has 2 rings (SSSR count). The third-order valence-corrected chi connectivity index (χ3v) is 3.80. The van der Waals surface area contributed by atoms with Crippen molar-refractivity contribution >= 4 is 29.1 Å². The van der Waals surface area contributed by atoms with Gasteiger partial charge in [0.15, 0.2) is 0 Å². The minimum atomic E-state index is -0.316. The third-order valence-electron chi connectivity index (χ3n) is 3.80. The number of rotatable bonds is 8. The van der Waals surface area contributed by atoms with Crippen molar-refractivity contribution < 1.29 is 19.1 Å². The van der Waals surface area contributed by atoms with Gasteiger partial charge in [0, 0.05) is 37.3 Å². The molecule has 0 unspecified atom stereocenters. The van der Waals surface area contributed by atoms with Gasteiger partial charge in [-0.05, 0) is 41.8 Å². The molecule has 2 aromatic rings. The zero-order valence-electron chi connectivity index (χ0n) is 17.2. The highest BCUT2D eigenvalue weighted by molar-refractivity contribution is 5.99. The van der Waals surface area contributed by atoms with Gasteiger partial charge in [-0.2, -0.15) is 0 Å². The second-order valence-electron chi connectivity index (χ2n) is 7.19. The number of hydrogen-bond donors (Lipinski definition) is 3. The Morgan fingerprint density at radius 3 is 1.93 bits per heavy atom. The lowest BCUT2D eigenvalue weighted by Gasteiger charge is -2.12. The molecule has 0 aromatic heterocycles. The van der Waals surface area contributed by atoms with Gasteiger partial charge in [-0.15, -0.1) is 0 Å².